The molecule has 16 heavy (non-hydrogen) atoms. The number of likely N-dealkylation sites (N-methyl/N-ethyl adjacent to an activating group) is 1. The number of aliphatic hydroxyl groups is 1. The molecule has 0 heterocycles. The quantitative estimate of drug-likeness (QED) is 0.853. The number of hydrogen-bond donors (Lipinski definition) is 2. The van der Waals surface area contributed by atoms with E-state index in [0.29, 0.717) is 23.1 Å². The predicted octanol–water partition coefficient (Wildman–Crippen LogP) is 1.92. The molecule has 3 N–H and O–H groups in total. The lowest BCUT2D eigenvalue weighted by Gasteiger charge is -2.26. The lowest BCUT2D eigenvalue weighted by molar-refractivity contribution is 0.183. The third kappa shape index (κ3) is 3.34. The molecule has 1 aromatic rings. The van der Waals surface area contributed by atoms with Crippen LogP contribution in [0.15, 0.2) is 18.2 Å². The number of halogens is 2. The monoisotopic (exact) mass is 262 g/mol. The van der Waals surface area contributed by atoms with Crippen molar-refractivity contribution < 1.29 is 5.11 Å². The fraction of sp³-hybridized carbons (Fsp3) is 0.455. The van der Waals surface area contributed by atoms with E-state index in [9.17, 15) is 0 Å². The highest BCUT2D eigenvalue weighted by Crippen LogP contribution is 2.27. The van der Waals surface area contributed by atoms with Gasteiger partial charge in [0, 0.05) is 19.1 Å². The second kappa shape index (κ2) is 6.42. The number of nitrogens with two attached hydrogens (primary N) is 1. The van der Waals surface area contributed by atoms with E-state index in [4.69, 9.17) is 34.0 Å². The number of rotatable bonds is 5. The van der Waals surface area contributed by atoms with Crippen molar-refractivity contribution in [2.45, 2.75) is 6.04 Å². The van der Waals surface area contributed by atoms with Crippen LogP contribution < -0.4 is 5.73 Å². The summed E-state index contributed by atoms with van der Waals surface area (Å²) in [6.07, 6.45) is 0. The van der Waals surface area contributed by atoms with Crippen molar-refractivity contribution in [3.63, 3.8) is 0 Å². The van der Waals surface area contributed by atoms with E-state index in [-0.39, 0.29) is 12.6 Å². The summed E-state index contributed by atoms with van der Waals surface area (Å²) >= 11 is 11.8. The molecule has 5 heteroatoms. The normalized spacial score (nSPS) is 13.1. The molecule has 1 unspecified atom stereocenters. The summed E-state index contributed by atoms with van der Waals surface area (Å²) in [4.78, 5) is 1.99. The minimum Gasteiger partial charge on any atom is -0.395 e. The van der Waals surface area contributed by atoms with Crippen LogP contribution in [-0.2, 0) is 0 Å². The highest BCUT2D eigenvalue weighted by atomic mass is 35.5. The van der Waals surface area contributed by atoms with E-state index < -0.39 is 0 Å². The molecule has 0 aromatic heterocycles. The van der Waals surface area contributed by atoms with Crippen molar-refractivity contribution in [3.05, 3.63) is 33.8 Å². The van der Waals surface area contributed by atoms with Gasteiger partial charge in [-0.05, 0) is 24.7 Å². The third-order valence-corrected chi connectivity index (χ3v) is 3.28. The molecule has 1 aromatic carbocycles. The van der Waals surface area contributed by atoms with Crippen LogP contribution in [0.3, 0.4) is 0 Å². The van der Waals surface area contributed by atoms with Crippen molar-refractivity contribution in [3.8, 4) is 0 Å². The largest absolute Gasteiger partial charge is 0.395 e. The first-order chi connectivity index (χ1) is 7.60. The highest BCUT2D eigenvalue weighted by molar-refractivity contribution is 6.42. The maximum absolute atomic E-state index is 8.90. The van der Waals surface area contributed by atoms with Gasteiger partial charge in [-0.1, -0.05) is 29.3 Å². The Morgan fingerprint density at radius 2 is 2.06 bits per heavy atom. The Bertz CT molecular complexity index is 347. The van der Waals surface area contributed by atoms with Crippen molar-refractivity contribution in [2.75, 3.05) is 26.7 Å². The van der Waals surface area contributed by atoms with Gasteiger partial charge in [0.25, 0.3) is 0 Å². The molecule has 0 saturated carbocycles. The van der Waals surface area contributed by atoms with E-state index >= 15 is 0 Å². The molecule has 0 aliphatic rings. The number of benzene rings is 1. The van der Waals surface area contributed by atoms with Gasteiger partial charge in [-0.15, -0.1) is 0 Å². The Balaban J connectivity index is 2.90. The van der Waals surface area contributed by atoms with Crippen LogP contribution in [-0.4, -0.2) is 36.8 Å². The summed E-state index contributed by atoms with van der Waals surface area (Å²) in [6.45, 7) is 1.14. The number of hydrogen-bond acceptors (Lipinski definition) is 3. The van der Waals surface area contributed by atoms with Crippen molar-refractivity contribution in [1.29, 1.82) is 0 Å². The minimum atomic E-state index is 0.0434. The summed E-state index contributed by atoms with van der Waals surface area (Å²) in [5, 5.41) is 9.95. The summed E-state index contributed by atoms with van der Waals surface area (Å²) in [5.41, 5.74) is 6.73. The Labute approximate surface area is 106 Å². The summed E-state index contributed by atoms with van der Waals surface area (Å²) in [5.74, 6) is 0. The zero-order chi connectivity index (χ0) is 12.1. The van der Waals surface area contributed by atoms with Crippen molar-refractivity contribution >= 4 is 23.2 Å². The van der Waals surface area contributed by atoms with Crippen LogP contribution in [0.2, 0.25) is 10.0 Å². The van der Waals surface area contributed by atoms with E-state index in [0.717, 1.165) is 5.56 Å². The molecule has 0 aliphatic heterocycles. The molecule has 3 nitrogen and oxygen atoms in total. The Morgan fingerprint density at radius 3 is 2.56 bits per heavy atom. The van der Waals surface area contributed by atoms with Gasteiger partial charge in [0.15, 0.2) is 0 Å². The van der Waals surface area contributed by atoms with Gasteiger partial charge in [-0.3, -0.25) is 4.90 Å². The first kappa shape index (κ1) is 13.7. The number of nitrogens with zero attached hydrogens (tertiary/aromatic N) is 1. The molecule has 0 spiro atoms. The first-order valence-electron chi connectivity index (χ1n) is 5.06. The predicted molar refractivity (Wildman–Crippen MR) is 68.0 cm³/mol. The van der Waals surface area contributed by atoms with Gasteiger partial charge in [0.1, 0.15) is 0 Å². The van der Waals surface area contributed by atoms with Crippen LogP contribution in [0, 0.1) is 0 Å². The van der Waals surface area contributed by atoms with Gasteiger partial charge in [0.05, 0.1) is 16.7 Å². The molecular weight excluding hydrogens is 247 g/mol. The molecule has 1 rings (SSSR count). The molecular formula is C11H16Cl2N2O. The first-order valence-corrected chi connectivity index (χ1v) is 5.81. The Kier molecular flexibility index (Phi) is 5.52. The van der Waals surface area contributed by atoms with Gasteiger partial charge in [0.2, 0.25) is 0 Å². The molecule has 0 radical (unpaired) electrons. The molecule has 0 fully saturated rings. The van der Waals surface area contributed by atoms with Crippen LogP contribution in [0.5, 0.6) is 0 Å². The topological polar surface area (TPSA) is 49.5 Å². The SMILES string of the molecule is CN(CCO)C(CN)c1ccc(Cl)c(Cl)c1. The average molecular weight is 263 g/mol. The van der Waals surface area contributed by atoms with Crippen LogP contribution >= 0.6 is 23.2 Å². The van der Waals surface area contributed by atoms with Gasteiger partial charge >= 0.3 is 0 Å². The highest BCUT2D eigenvalue weighted by Gasteiger charge is 2.15. The molecule has 0 bridgehead atoms. The maximum atomic E-state index is 8.90. The Morgan fingerprint density at radius 1 is 1.38 bits per heavy atom. The lowest BCUT2D eigenvalue weighted by Crippen LogP contribution is -2.32. The van der Waals surface area contributed by atoms with Crippen LogP contribution in [0.25, 0.3) is 0 Å². The summed E-state index contributed by atoms with van der Waals surface area (Å²) in [6, 6.07) is 5.52. The smallest absolute Gasteiger partial charge is 0.0595 e. The van der Waals surface area contributed by atoms with Crippen molar-refractivity contribution in [2.24, 2.45) is 5.73 Å². The van der Waals surface area contributed by atoms with Gasteiger partial charge in [-0.25, -0.2) is 0 Å². The number of aliphatic hydroxyl groups excluding tert-OH is 1. The zero-order valence-electron chi connectivity index (χ0n) is 9.16. The van der Waals surface area contributed by atoms with Gasteiger partial charge in [-0.2, -0.15) is 0 Å². The zero-order valence-corrected chi connectivity index (χ0v) is 10.7. The van der Waals surface area contributed by atoms with E-state index in [2.05, 4.69) is 0 Å². The van der Waals surface area contributed by atoms with Crippen molar-refractivity contribution in [1.82, 2.24) is 4.90 Å². The van der Waals surface area contributed by atoms with Crippen LogP contribution in [0.1, 0.15) is 11.6 Å². The molecule has 1 atom stereocenters. The van der Waals surface area contributed by atoms with Gasteiger partial charge < -0.3 is 10.8 Å². The average Bonchev–Trinajstić information content (AvgIpc) is 2.25. The fourth-order valence-electron chi connectivity index (χ4n) is 1.60. The third-order valence-electron chi connectivity index (χ3n) is 2.54. The molecule has 90 valence electrons. The molecule has 0 aliphatic carbocycles. The maximum Gasteiger partial charge on any atom is 0.0595 e. The second-order valence-corrected chi connectivity index (χ2v) is 4.44. The van der Waals surface area contributed by atoms with E-state index in [1.807, 2.05) is 24.1 Å². The summed E-state index contributed by atoms with van der Waals surface area (Å²) < 4.78 is 0. The molecule has 0 saturated heterocycles. The van der Waals surface area contributed by atoms with E-state index in [1.54, 1.807) is 6.07 Å². The lowest BCUT2D eigenvalue weighted by atomic mass is 10.1. The summed E-state index contributed by atoms with van der Waals surface area (Å²) in [7, 11) is 1.91. The standard InChI is InChI=1S/C11H16Cl2N2O/c1-15(4-5-16)11(7-14)8-2-3-9(12)10(13)6-8/h2-3,6,11,16H,4-5,7,14H2,1H3. The Hall–Kier alpha value is -0.320. The minimum absolute atomic E-state index is 0.0434. The molecule has 0 amide bonds. The fourth-order valence-corrected chi connectivity index (χ4v) is 1.91. The van der Waals surface area contributed by atoms with Crippen LogP contribution in [0.4, 0.5) is 0 Å². The second-order valence-electron chi connectivity index (χ2n) is 3.63. The van der Waals surface area contributed by atoms with E-state index in [1.165, 1.54) is 0 Å².